The first-order chi connectivity index (χ1) is 15.3. The fraction of sp³-hybridized carbons (Fsp3) is 0.217. The van der Waals surface area contributed by atoms with Gasteiger partial charge in [-0.25, -0.2) is 4.68 Å². The van der Waals surface area contributed by atoms with Gasteiger partial charge in [-0.05, 0) is 36.6 Å². The molecule has 0 aliphatic rings. The zero-order valence-electron chi connectivity index (χ0n) is 18.0. The van der Waals surface area contributed by atoms with Crippen molar-refractivity contribution in [2.45, 2.75) is 11.4 Å². The number of methoxy groups -OCH3 is 1. The highest BCUT2D eigenvalue weighted by atomic mass is 35.5. The number of thioether (sulfide) groups is 1. The first kappa shape index (κ1) is 23.1. The Labute approximate surface area is 206 Å². The minimum absolute atomic E-state index is 0.399. The van der Waals surface area contributed by atoms with Crippen LogP contribution in [0.15, 0.2) is 47.6 Å². The van der Waals surface area contributed by atoms with E-state index in [-0.39, 0.29) is 0 Å². The fourth-order valence-electron chi connectivity index (χ4n) is 3.77. The summed E-state index contributed by atoms with van der Waals surface area (Å²) in [6.45, 7) is 0. The highest BCUT2D eigenvalue weighted by Crippen LogP contribution is 2.39. The molecule has 0 amide bonds. The molecule has 4 rings (SSSR count). The van der Waals surface area contributed by atoms with Crippen LogP contribution in [0.3, 0.4) is 0 Å². The molecular weight excluding hydrogens is 487 g/mol. The van der Waals surface area contributed by atoms with Crippen LogP contribution in [-0.4, -0.2) is 42.2 Å². The molecule has 0 saturated carbocycles. The molecule has 2 heterocycles. The van der Waals surface area contributed by atoms with Gasteiger partial charge in [0.15, 0.2) is 0 Å². The van der Waals surface area contributed by atoms with Gasteiger partial charge in [-0.2, -0.15) is 5.10 Å². The summed E-state index contributed by atoms with van der Waals surface area (Å²) in [5.74, 6) is 1.68. The van der Waals surface area contributed by atoms with Crippen molar-refractivity contribution in [1.82, 2.24) is 14.8 Å². The Kier molecular flexibility index (Phi) is 6.77. The van der Waals surface area contributed by atoms with Crippen molar-refractivity contribution in [3.05, 3.63) is 68.8 Å². The summed E-state index contributed by atoms with van der Waals surface area (Å²) in [7, 11) is 5.63. The average Bonchev–Trinajstić information content (AvgIpc) is 3.14. The van der Waals surface area contributed by atoms with E-state index in [1.807, 2.05) is 54.2 Å². The predicted molar refractivity (Wildman–Crippen MR) is 136 cm³/mol. The standard InChI is InChI=1S/C23H21Cl3N4OS/c1-29(2)23-15(10-14-20(31-3)8-7-13-6-5-9-27-21(13)14)22(32-4)28-30(23)19-12-17(25)16(24)11-18(19)26/h5-9,11-12H,10H2,1-4H3. The lowest BCUT2D eigenvalue weighted by Gasteiger charge is -2.19. The lowest BCUT2D eigenvalue weighted by molar-refractivity contribution is 0.411. The van der Waals surface area contributed by atoms with E-state index in [0.717, 1.165) is 38.6 Å². The van der Waals surface area contributed by atoms with Gasteiger partial charge in [0.2, 0.25) is 0 Å². The van der Waals surface area contributed by atoms with E-state index >= 15 is 0 Å². The number of fused-ring (bicyclic) bond motifs is 1. The largest absolute Gasteiger partial charge is 0.496 e. The van der Waals surface area contributed by atoms with Crippen molar-refractivity contribution in [2.75, 3.05) is 32.4 Å². The number of benzene rings is 2. The van der Waals surface area contributed by atoms with Gasteiger partial charge in [0.25, 0.3) is 0 Å². The SMILES string of the molecule is COc1ccc2cccnc2c1Cc1c(SC)nn(-c2cc(Cl)c(Cl)cc2Cl)c1N(C)C. The van der Waals surface area contributed by atoms with Crippen LogP contribution in [0.4, 0.5) is 5.82 Å². The quantitative estimate of drug-likeness (QED) is 0.213. The number of pyridine rings is 1. The molecule has 0 atom stereocenters. The van der Waals surface area contributed by atoms with Crippen molar-refractivity contribution in [1.29, 1.82) is 0 Å². The van der Waals surface area contributed by atoms with E-state index < -0.39 is 0 Å². The van der Waals surface area contributed by atoms with Gasteiger partial charge in [-0.1, -0.05) is 40.9 Å². The summed E-state index contributed by atoms with van der Waals surface area (Å²) >= 11 is 20.6. The summed E-state index contributed by atoms with van der Waals surface area (Å²) < 4.78 is 7.51. The van der Waals surface area contributed by atoms with Gasteiger partial charge >= 0.3 is 0 Å². The minimum atomic E-state index is 0.399. The molecule has 9 heteroatoms. The normalized spacial score (nSPS) is 11.2. The molecule has 2 aromatic heterocycles. The topological polar surface area (TPSA) is 43.2 Å². The Hall–Kier alpha value is -2.12. The van der Waals surface area contributed by atoms with E-state index in [9.17, 15) is 0 Å². The molecule has 5 nitrogen and oxygen atoms in total. The van der Waals surface area contributed by atoms with Crippen molar-refractivity contribution >= 4 is 63.3 Å². The van der Waals surface area contributed by atoms with Crippen LogP contribution >= 0.6 is 46.6 Å². The molecule has 32 heavy (non-hydrogen) atoms. The molecule has 0 radical (unpaired) electrons. The molecule has 0 saturated heterocycles. The van der Waals surface area contributed by atoms with Crippen molar-refractivity contribution in [2.24, 2.45) is 0 Å². The molecule has 0 unspecified atom stereocenters. The van der Waals surface area contributed by atoms with Crippen LogP contribution < -0.4 is 9.64 Å². The second-order valence-electron chi connectivity index (χ2n) is 7.33. The lowest BCUT2D eigenvalue weighted by atomic mass is 10.0. The molecule has 166 valence electrons. The number of anilines is 1. The number of halogens is 3. The lowest BCUT2D eigenvalue weighted by Crippen LogP contribution is -2.16. The number of aromatic nitrogens is 3. The van der Waals surface area contributed by atoms with Crippen molar-refractivity contribution in [3.63, 3.8) is 0 Å². The molecule has 4 aromatic rings. The first-order valence-corrected chi connectivity index (χ1v) is 12.1. The molecule has 0 aliphatic heterocycles. The van der Waals surface area contributed by atoms with Crippen LogP contribution in [0.5, 0.6) is 5.75 Å². The summed E-state index contributed by atoms with van der Waals surface area (Å²) in [4.78, 5) is 6.66. The highest BCUT2D eigenvalue weighted by molar-refractivity contribution is 7.98. The minimum Gasteiger partial charge on any atom is -0.496 e. The summed E-state index contributed by atoms with van der Waals surface area (Å²) in [5.41, 5.74) is 3.61. The number of rotatable bonds is 6. The van der Waals surface area contributed by atoms with Crippen molar-refractivity contribution in [3.8, 4) is 11.4 Å². The summed E-state index contributed by atoms with van der Waals surface area (Å²) in [5, 5.41) is 8.09. The van der Waals surface area contributed by atoms with Crippen LogP contribution in [0, 0.1) is 0 Å². The molecule has 0 bridgehead atoms. The Morgan fingerprint density at radius 1 is 1.03 bits per heavy atom. The highest BCUT2D eigenvalue weighted by Gasteiger charge is 2.24. The van der Waals surface area contributed by atoms with Crippen LogP contribution in [0.25, 0.3) is 16.6 Å². The van der Waals surface area contributed by atoms with Gasteiger partial charge < -0.3 is 9.64 Å². The zero-order chi connectivity index (χ0) is 23.0. The number of nitrogens with zero attached hydrogens (tertiary/aromatic N) is 4. The number of hydrogen-bond donors (Lipinski definition) is 0. The van der Waals surface area contributed by atoms with Gasteiger partial charge in [0, 0.05) is 43.2 Å². The summed E-state index contributed by atoms with van der Waals surface area (Å²) in [6, 6.07) is 11.4. The van der Waals surface area contributed by atoms with Crippen LogP contribution in [0.1, 0.15) is 11.1 Å². The Morgan fingerprint density at radius 3 is 2.47 bits per heavy atom. The van der Waals surface area contributed by atoms with Gasteiger partial charge in [-0.3, -0.25) is 4.98 Å². The smallest absolute Gasteiger partial charge is 0.136 e. The number of hydrogen-bond acceptors (Lipinski definition) is 5. The second-order valence-corrected chi connectivity index (χ2v) is 9.35. The second kappa shape index (κ2) is 9.40. The maximum atomic E-state index is 6.54. The van der Waals surface area contributed by atoms with Crippen molar-refractivity contribution < 1.29 is 4.74 Å². The molecule has 2 aromatic carbocycles. The van der Waals surface area contributed by atoms with E-state index in [1.165, 1.54) is 0 Å². The Bertz CT molecular complexity index is 1310. The van der Waals surface area contributed by atoms with Gasteiger partial charge in [-0.15, -0.1) is 11.8 Å². The van der Waals surface area contributed by atoms with E-state index in [1.54, 1.807) is 37.2 Å². The Morgan fingerprint density at radius 2 is 1.78 bits per heavy atom. The predicted octanol–water partition coefficient (Wildman–Crippen LogP) is 6.77. The van der Waals surface area contributed by atoms with E-state index in [2.05, 4.69) is 4.98 Å². The molecule has 0 fully saturated rings. The number of ether oxygens (including phenoxy) is 1. The van der Waals surface area contributed by atoms with E-state index in [4.69, 9.17) is 44.6 Å². The molecule has 0 N–H and O–H groups in total. The maximum absolute atomic E-state index is 6.54. The third-order valence-electron chi connectivity index (χ3n) is 5.16. The third kappa shape index (κ3) is 4.13. The van der Waals surface area contributed by atoms with Crippen LogP contribution in [-0.2, 0) is 6.42 Å². The molecule has 0 spiro atoms. The summed E-state index contributed by atoms with van der Waals surface area (Å²) in [6.07, 6.45) is 4.39. The van der Waals surface area contributed by atoms with Gasteiger partial charge in [0.05, 0.1) is 33.4 Å². The monoisotopic (exact) mass is 506 g/mol. The first-order valence-electron chi connectivity index (χ1n) is 9.74. The third-order valence-corrected chi connectivity index (χ3v) is 6.90. The van der Waals surface area contributed by atoms with Crippen LogP contribution in [0.2, 0.25) is 15.1 Å². The van der Waals surface area contributed by atoms with Gasteiger partial charge in [0.1, 0.15) is 16.6 Å². The zero-order valence-corrected chi connectivity index (χ0v) is 21.1. The Balaban J connectivity index is 1.96. The fourth-order valence-corrected chi connectivity index (χ4v) is 4.96. The average molecular weight is 508 g/mol. The maximum Gasteiger partial charge on any atom is 0.136 e. The molecule has 0 aliphatic carbocycles. The van der Waals surface area contributed by atoms with E-state index in [0.29, 0.717) is 27.2 Å². The molecular formula is C23H21Cl3N4OS.